The topological polar surface area (TPSA) is 310 Å². The number of benzene rings is 8. The lowest BCUT2D eigenvalue weighted by Gasteiger charge is -2.26. The first-order valence-electron chi connectivity index (χ1n) is 31.9. The summed E-state index contributed by atoms with van der Waals surface area (Å²) in [5, 5.41) is 33.6. The van der Waals surface area contributed by atoms with Crippen molar-refractivity contribution in [1.29, 1.82) is 0 Å². The first kappa shape index (κ1) is 84.1. The zero-order valence-electron chi connectivity index (χ0n) is 57.4. The molecular formula is C74H88BrClF2N4O15S5. The summed E-state index contributed by atoms with van der Waals surface area (Å²) in [6.07, 6.45) is 2.87. The molecule has 0 spiro atoms. The molecule has 0 aliphatic carbocycles. The summed E-state index contributed by atoms with van der Waals surface area (Å²) >= 11 is 8.67. The van der Waals surface area contributed by atoms with Crippen LogP contribution in [0.3, 0.4) is 0 Å². The minimum Gasteiger partial charge on any atom is -0.387 e. The monoisotopic (exact) mass is 1580 g/mol. The largest absolute Gasteiger partial charge is 0.387 e. The number of ketones is 2. The van der Waals surface area contributed by atoms with E-state index >= 15 is 0 Å². The van der Waals surface area contributed by atoms with Crippen molar-refractivity contribution in [2.24, 2.45) is 5.73 Å². The normalized spacial score (nSPS) is 18.4. The minimum absolute atomic E-state index is 0. The van der Waals surface area contributed by atoms with Gasteiger partial charge in [-0.1, -0.05) is 168 Å². The van der Waals surface area contributed by atoms with Crippen LogP contribution in [0.2, 0.25) is 0 Å². The Morgan fingerprint density at radius 2 is 0.814 bits per heavy atom. The summed E-state index contributed by atoms with van der Waals surface area (Å²) in [5.41, 5.74) is 11.4. The third-order valence-corrected chi connectivity index (χ3v) is 24.0. The summed E-state index contributed by atoms with van der Waals surface area (Å²) in [7, 11) is -16.2. The van der Waals surface area contributed by atoms with Gasteiger partial charge in [0.25, 0.3) is 0 Å². The fourth-order valence-corrected chi connectivity index (χ4v) is 14.2. The van der Waals surface area contributed by atoms with E-state index in [9.17, 15) is 75.8 Å². The number of nitrogens with one attached hydrogen (secondary N) is 1. The summed E-state index contributed by atoms with van der Waals surface area (Å²) in [6, 6.07) is 58.3. The quantitative estimate of drug-likeness (QED) is 0.0202. The maximum atomic E-state index is 13.4. The standard InChI is InChI=1S/C18H22FNO3S.C18H21NO3S.C18H19NO3S.C10H10BrClO3S.C10H14FNO3S.H2/c1-13(14-6-4-3-5-7-14)20-17(12-19)18(21)15-8-10-16(11-9-15)24(2,22)23;2*1-13(14-6-4-3-5-7-14)19-12-17(19)18(20)15-8-10-16(11-9-15)23(2,21)22;1-16(14,15)8-4-2-7(3-5-8)10(13)9(11)6-12;1-16(14,15)8-4-2-7(3-5-8)10(13)9(12)6-11;/h3-11,13,17-18,20-21H,12H2,1-2H3;3-11,13,17-18,20H,12H2,1-2H3;3-11,13,17H,12H2,1-2H3;2-5,9H,6H2,1H3;2-5,9-10,13H,6,12H2,1H3;1H/t13-,17-,18+;13-,17-,18+,19?;13-,17-,19?;;9-,10+;/m111.1./s1. The molecule has 13 atom stereocenters. The summed E-state index contributed by atoms with van der Waals surface area (Å²) in [6.45, 7) is 6.12. The lowest BCUT2D eigenvalue weighted by atomic mass is 10.0. The molecule has 0 saturated carbocycles. The number of aliphatic hydroxyl groups is 3. The minimum atomic E-state index is -3.30. The van der Waals surface area contributed by atoms with Crippen LogP contribution >= 0.6 is 27.5 Å². The molecule has 6 N–H and O–H groups in total. The smallest absolute Gasteiger partial charge is 0.181 e. The van der Waals surface area contributed by atoms with Crippen molar-refractivity contribution in [3.8, 4) is 0 Å². The van der Waals surface area contributed by atoms with E-state index in [4.69, 9.17) is 17.3 Å². The van der Waals surface area contributed by atoms with Gasteiger partial charge in [-0.15, -0.1) is 11.6 Å². The third kappa shape index (κ3) is 24.7. The zero-order chi connectivity index (χ0) is 75.7. The molecule has 102 heavy (non-hydrogen) atoms. The molecule has 0 amide bonds. The van der Waals surface area contributed by atoms with Gasteiger partial charge < -0.3 is 26.4 Å². The van der Waals surface area contributed by atoms with Crippen molar-refractivity contribution in [1.82, 2.24) is 15.1 Å². The van der Waals surface area contributed by atoms with E-state index in [2.05, 4.69) is 69.2 Å². The highest BCUT2D eigenvalue weighted by atomic mass is 79.9. The van der Waals surface area contributed by atoms with E-state index in [1.807, 2.05) is 73.7 Å². The maximum absolute atomic E-state index is 13.4. The van der Waals surface area contributed by atoms with Gasteiger partial charge in [0.05, 0.1) is 71.8 Å². The highest BCUT2D eigenvalue weighted by molar-refractivity contribution is 9.10. The van der Waals surface area contributed by atoms with Crippen molar-refractivity contribution >= 4 is 88.3 Å². The molecule has 2 aliphatic rings. The zero-order valence-corrected chi connectivity index (χ0v) is 63.8. The summed E-state index contributed by atoms with van der Waals surface area (Å²) in [5.74, 6) is 0.0648. The van der Waals surface area contributed by atoms with Crippen molar-refractivity contribution in [2.45, 2.75) is 111 Å². The second kappa shape index (κ2) is 37.3. The number of alkyl halides is 4. The van der Waals surface area contributed by atoms with Gasteiger partial charge in [-0.3, -0.25) is 19.4 Å². The van der Waals surface area contributed by atoms with E-state index in [1.165, 1.54) is 102 Å². The Morgan fingerprint density at radius 1 is 0.480 bits per heavy atom. The number of Topliss-reactive ketones (excluding diaryl/α,β-unsaturated/α-hetero) is 2. The average Bonchev–Trinajstić information content (AvgIpc) is 1.63. The number of nitrogens with two attached hydrogens (primary N) is 1. The van der Waals surface area contributed by atoms with Gasteiger partial charge in [0, 0.05) is 80.9 Å². The fraction of sp³-hybridized carbons (Fsp3) is 0.324. The molecule has 2 heterocycles. The molecule has 19 nitrogen and oxygen atoms in total. The van der Waals surface area contributed by atoms with Crippen LogP contribution in [0.5, 0.6) is 0 Å². The first-order chi connectivity index (χ1) is 47.8. The lowest BCUT2D eigenvalue weighted by molar-refractivity contribution is 0.0967. The van der Waals surface area contributed by atoms with Crippen LogP contribution in [0, 0.1) is 0 Å². The van der Waals surface area contributed by atoms with E-state index in [1.54, 1.807) is 36.4 Å². The summed E-state index contributed by atoms with van der Waals surface area (Å²) < 4.78 is 139. The Kier molecular flexibility index (Phi) is 30.7. The van der Waals surface area contributed by atoms with Crippen molar-refractivity contribution in [3.05, 3.63) is 257 Å². The lowest BCUT2D eigenvalue weighted by Crippen LogP contribution is -2.38. The average molecular weight is 1590 g/mol. The molecule has 28 heteroatoms. The molecule has 3 unspecified atom stereocenters. The van der Waals surface area contributed by atoms with Crippen LogP contribution in [0.4, 0.5) is 8.78 Å². The van der Waals surface area contributed by atoms with Gasteiger partial charge in [0.1, 0.15) is 13.3 Å². The number of nitrogens with zero attached hydrogens (tertiary/aromatic N) is 2. The molecule has 8 aromatic rings. The second-order valence-corrected chi connectivity index (χ2v) is 36.3. The van der Waals surface area contributed by atoms with Crippen LogP contribution in [-0.4, -0.2) is 171 Å². The van der Waals surface area contributed by atoms with Crippen LogP contribution in [0.1, 0.15) is 113 Å². The molecule has 2 aliphatic heterocycles. The van der Waals surface area contributed by atoms with Crippen LogP contribution < -0.4 is 11.1 Å². The van der Waals surface area contributed by atoms with Crippen molar-refractivity contribution < 1.29 is 77.2 Å². The number of carbonyl (C=O) groups excluding carboxylic acids is 2. The molecule has 2 saturated heterocycles. The highest BCUT2D eigenvalue weighted by Crippen LogP contribution is 2.39. The van der Waals surface area contributed by atoms with Crippen LogP contribution in [-0.2, 0) is 49.2 Å². The number of hydrogen-bond donors (Lipinski definition) is 5. The number of aliphatic hydroxyl groups excluding tert-OH is 3. The van der Waals surface area contributed by atoms with E-state index in [0.29, 0.717) is 22.3 Å². The Labute approximate surface area is 613 Å². The van der Waals surface area contributed by atoms with Gasteiger partial charge in [0.15, 0.2) is 60.8 Å². The Bertz CT molecular complexity index is 4640. The van der Waals surface area contributed by atoms with Crippen LogP contribution in [0.15, 0.2) is 237 Å². The SMILES string of the molecule is CS(=O)(=O)c1ccc(C(=O)C(Br)CCl)cc1.CS(=O)(=O)c1ccc([C@H](O)[C@H](N)CF)cc1.C[C@@H](N[C@H](CF)[C@@H](O)c1ccc(S(C)(=O)=O)cc1)c1ccccc1.C[C@H](c1ccccc1)N1C[C@@H]1C(=O)c1ccc(S(C)(=O)=O)cc1.C[C@H](c1ccccc1)N1C[C@@H]1[C@@H](O)c1ccc(S(C)(=O)=O)cc1.[HH]. The predicted octanol–water partition coefficient (Wildman–Crippen LogP) is 11.0. The Balaban J connectivity index is 0.000000233. The molecule has 0 radical (unpaired) electrons. The summed E-state index contributed by atoms with van der Waals surface area (Å²) in [4.78, 5) is 29.1. The predicted molar refractivity (Wildman–Crippen MR) is 399 cm³/mol. The van der Waals surface area contributed by atoms with E-state index in [-0.39, 0.29) is 73.6 Å². The molecule has 0 aromatic heterocycles. The number of rotatable bonds is 25. The Morgan fingerprint density at radius 3 is 1.17 bits per heavy atom. The molecule has 552 valence electrons. The second-order valence-electron chi connectivity index (χ2n) is 24.8. The number of halogens is 4. The fourth-order valence-electron chi connectivity index (χ4n) is 10.6. The third-order valence-electron chi connectivity index (χ3n) is 17.0. The van der Waals surface area contributed by atoms with Gasteiger partial charge in [0.2, 0.25) is 0 Å². The van der Waals surface area contributed by atoms with Crippen LogP contribution in [0.25, 0.3) is 0 Å². The van der Waals surface area contributed by atoms with E-state index < -0.39 is 97.8 Å². The van der Waals surface area contributed by atoms with Gasteiger partial charge in [-0.25, -0.2) is 50.9 Å². The van der Waals surface area contributed by atoms with Gasteiger partial charge in [-0.05, 0) is 115 Å². The molecular weight excluding hydrogens is 1500 g/mol. The molecule has 0 bridgehead atoms. The van der Waals surface area contributed by atoms with Gasteiger partial charge in [-0.2, -0.15) is 0 Å². The highest BCUT2D eigenvalue weighted by Gasteiger charge is 2.45. The van der Waals surface area contributed by atoms with Gasteiger partial charge >= 0.3 is 0 Å². The number of hydrogen-bond acceptors (Lipinski definition) is 19. The van der Waals surface area contributed by atoms with Crippen molar-refractivity contribution in [3.63, 3.8) is 0 Å². The number of sulfone groups is 5. The molecule has 2 fully saturated rings. The Hall–Kier alpha value is -6.80. The molecule has 8 aromatic carbocycles. The molecule has 10 rings (SSSR count). The number of carbonyl (C=O) groups is 2. The van der Waals surface area contributed by atoms with E-state index in [0.717, 1.165) is 49.2 Å². The van der Waals surface area contributed by atoms with Crippen molar-refractivity contribution in [2.75, 3.05) is 63.6 Å². The maximum Gasteiger partial charge on any atom is 0.181 e. The first-order valence-corrected chi connectivity index (χ1v) is 42.8.